The van der Waals surface area contributed by atoms with Gasteiger partial charge < -0.3 is 19.5 Å². The van der Waals surface area contributed by atoms with Crippen LogP contribution in [0.2, 0.25) is 5.02 Å². The first-order valence-electron chi connectivity index (χ1n) is 6.31. The molecule has 1 aromatic carbocycles. The Morgan fingerprint density at radius 1 is 1.42 bits per heavy atom. The lowest BCUT2D eigenvalue weighted by molar-refractivity contribution is -0.146. The fourth-order valence-corrected chi connectivity index (χ4v) is 3.08. The highest BCUT2D eigenvalue weighted by Crippen LogP contribution is 2.49. The van der Waals surface area contributed by atoms with E-state index in [2.05, 4.69) is 5.32 Å². The molecule has 0 amide bonds. The Labute approximate surface area is 117 Å². The zero-order chi connectivity index (χ0) is 13.5. The highest BCUT2D eigenvalue weighted by molar-refractivity contribution is 6.33. The number of anilines is 1. The maximum atomic E-state index is 6.28. The summed E-state index contributed by atoms with van der Waals surface area (Å²) in [4.78, 5) is 0. The van der Waals surface area contributed by atoms with Gasteiger partial charge in [-0.25, -0.2) is 0 Å². The van der Waals surface area contributed by atoms with Gasteiger partial charge in [-0.15, -0.1) is 0 Å². The van der Waals surface area contributed by atoms with E-state index in [1.54, 1.807) is 13.2 Å². The SMILES string of the molecule is COc1ccc(Cl)c2c1C1(CCOCC1)OC(N)N2. The van der Waals surface area contributed by atoms with Crippen LogP contribution in [-0.4, -0.2) is 26.7 Å². The third kappa shape index (κ3) is 2.07. The fraction of sp³-hybridized carbons (Fsp3) is 0.538. The van der Waals surface area contributed by atoms with Crippen molar-refractivity contribution in [2.24, 2.45) is 5.73 Å². The van der Waals surface area contributed by atoms with E-state index in [1.807, 2.05) is 6.07 Å². The quantitative estimate of drug-likeness (QED) is 0.826. The lowest BCUT2D eigenvalue weighted by Crippen LogP contribution is -2.49. The van der Waals surface area contributed by atoms with Gasteiger partial charge >= 0.3 is 0 Å². The van der Waals surface area contributed by atoms with E-state index >= 15 is 0 Å². The van der Waals surface area contributed by atoms with Gasteiger partial charge in [0.15, 0.2) is 6.35 Å². The predicted octanol–water partition coefficient (Wildman–Crippen LogP) is 2.04. The normalized spacial score (nSPS) is 24.7. The van der Waals surface area contributed by atoms with Gasteiger partial charge in [0.25, 0.3) is 0 Å². The minimum atomic E-state index is -0.574. The zero-order valence-corrected chi connectivity index (χ0v) is 11.5. The third-order valence-corrected chi connectivity index (χ3v) is 4.05. The molecule has 2 aliphatic rings. The Hall–Kier alpha value is -1.01. The van der Waals surface area contributed by atoms with Gasteiger partial charge in [0.1, 0.15) is 11.4 Å². The highest BCUT2D eigenvalue weighted by Gasteiger charge is 2.45. The van der Waals surface area contributed by atoms with Crippen LogP contribution < -0.4 is 15.8 Å². The smallest absolute Gasteiger partial charge is 0.182 e. The molecule has 6 heteroatoms. The maximum Gasteiger partial charge on any atom is 0.182 e. The minimum Gasteiger partial charge on any atom is -0.496 e. The van der Waals surface area contributed by atoms with Gasteiger partial charge in [-0.05, 0) is 12.1 Å². The largest absolute Gasteiger partial charge is 0.496 e. The second kappa shape index (κ2) is 4.83. The summed E-state index contributed by atoms with van der Waals surface area (Å²) in [5, 5.41) is 3.70. The molecule has 0 aromatic heterocycles. The van der Waals surface area contributed by atoms with Crippen LogP contribution in [0.5, 0.6) is 5.75 Å². The molecular formula is C13H17ClN2O3. The molecule has 0 bridgehead atoms. The number of hydrogen-bond donors (Lipinski definition) is 2. The number of nitrogens with two attached hydrogens (primary N) is 1. The topological polar surface area (TPSA) is 65.7 Å². The molecule has 3 N–H and O–H groups in total. The van der Waals surface area contributed by atoms with E-state index in [9.17, 15) is 0 Å². The molecule has 0 aliphatic carbocycles. The molecule has 0 saturated carbocycles. The van der Waals surface area contributed by atoms with E-state index in [0.29, 0.717) is 18.2 Å². The summed E-state index contributed by atoms with van der Waals surface area (Å²) in [5.74, 6) is 0.765. The molecule has 1 fully saturated rings. The second-order valence-electron chi connectivity index (χ2n) is 4.79. The molecule has 2 heterocycles. The monoisotopic (exact) mass is 284 g/mol. The summed E-state index contributed by atoms with van der Waals surface area (Å²) in [7, 11) is 1.64. The molecule has 5 nitrogen and oxygen atoms in total. The van der Waals surface area contributed by atoms with E-state index < -0.39 is 12.0 Å². The Bertz CT molecular complexity index is 489. The van der Waals surface area contributed by atoms with Crippen molar-refractivity contribution >= 4 is 17.3 Å². The van der Waals surface area contributed by atoms with Crippen LogP contribution in [0.3, 0.4) is 0 Å². The number of methoxy groups -OCH3 is 1. The average Bonchev–Trinajstić information content (AvgIpc) is 2.41. The van der Waals surface area contributed by atoms with Crippen LogP contribution >= 0.6 is 11.6 Å². The van der Waals surface area contributed by atoms with Crippen molar-refractivity contribution in [3.63, 3.8) is 0 Å². The van der Waals surface area contributed by atoms with Crippen molar-refractivity contribution < 1.29 is 14.2 Å². The van der Waals surface area contributed by atoms with Crippen LogP contribution in [0.1, 0.15) is 18.4 Å². The second-order valence-corrected chi connectivity index (χ2v) is 5.20. The van der Waals surface area contributed by atoms with E-state index in [0.717, 1.165) is 29.8 Å². The summed E-state index contributed by atoms with van der Waals surface area (Å²) in [6.07, 6.45) is 0.910. The maximum absolute atomic E-state index is 6.28. The number of ether oxygens (including phenoxy) is 3. The summed E-state index contributed by atoms with van der Waals surface area (Å²) in [6.45, 7) is 1.28. The lowest BCUT2D eigenvalue weighted by atomic mass is 9.83. The molecule has 104 valence electrons. The van der Waals surface area contributed by atoms with Crippen molar-refractivity contribution in [1.29, 1.82) is 0 Å². The molecule has 1 saturated heterocycles. The Morgan fingerprint density at radius 3 is 2.84 bits per heavy atom. The lowest BCUT2D eigenvalue weighted by Gasteiger charge is -2.45. The van der Waals surface area contributed by atoms with E-state index in [1.165, 1.54) is 0 Å². The standard InChI is InChI=1S/C13H17ClN2O3/c1-17-9-3-2-8(14)11-10(9)13(19-12(15)16-11)4-6-18-7-5-13/h2-3,12,16H,4-7,15H2,1H3. The number of hydrogen-bond acceptors (Lipinski definition) is 5. The van der Waals surface area contributed by atoms with Crippen molar-refractivity contribution in [3.05, 3.63) is 22.7 Å². The molecule has 3 rings (SSSR count). The highest BCUT2D eigenvalue weighted by atomic mass is 35.5. The molecule has 1 unspecified atom stereocenters. The number of halogens is 1. The molecule has 0 radical (unpaired) electrons. The number of nitrogens with one attached hydrogen (secondary N) is 1. The molecular weight excluding hydrogens is 268 g/mol. The van der Waals surface area contributed by atoms with E-state index in [-0.39, 0.29) is 0 Å². The molecule has 1 atom stereocenters. The minimum absolute atomic E-state index is 0.478. The predicted molar refractivity (Wildman–Crippen MR) is 72.4 cm³/mol. The third-order valence-electron chi connectivity index (χ3n) is 3.73. The van der Waals surface area contributed by atoms with Crippen LogP contribution in [0.25, 0.3) is 0 Å². The Morgan fingerprint density at radius 2 is 2.16 bits per heavy atom. The van der Waals surface area contributed by atoms with Crippen LogP contribution in [0, 0.1) is 0 Å². The average molecular weight is 285 g/mol. The molecule has 1 spiro atoms. The van der Waals surface area contributed by atoms with Crippen LogP contribution in [0.15, 0.2) is 12.1 Å². The van der Waals surface area contributed by atoms with E-state index in [4.69, 9.17) is 31.5 Å². The summed E-state index contributed by atoms with van der Waals surface area (Å²) < 4.78 is 16.9. The summed E-state index contributed by atoms with van der Waals surface area (Å²) >= 11 is 6.28. The van der Waals surface area contributed by atoms with Crippen LogP contribution in [0.4, 0.5) is 5.69 Å². The fourth-order valence-electron chi connectivity index (χ4n) is 2.86. The van der Waals surface area contributed by atoms with Gasteiger partial charge in [0, 0.05) is 26.1 Å². The number of fused-ring (bicyclic) bond motifs is 2. The molecule has 19 heavy (non-hydrogen) atoms. The van der Waals surface area contributed by atoms with Crippen LogP contribution in [-0.2, 0) is 15.1 Å². The molecule has 2 aliphatic heterocycles. The number of benzene rings is 1. The van der Waals surface area contributed by atoms with Crippen molar-refractivity contribution in [1.82, 2.24) is 0 Å². The van der Waals surface area contributed by atoms with Gasteiger partial charge in [-0.3, -0.25) is 5.73 Å². The Balaban J connectivity index is 2.18. The molecule has 1 aromatic rings. The first-order chi connectivity index (χ1) is 9.16. The summed E-state index contributed by atoms with van der Waals surface area (Å²) in [5.41, 5.74) is 7.22. The van der Waals surface area contributed by atoms with Gasteiger partial charge in [0.05, 0.1) is 23.4 Å². The first-order valence-corrected chi connectivity index (χ1v) is 6.69. The summed E-state index contributed by atoms with van der Waals surface area (Å²) in [6, 6.07) is 3.66. The van der Waals surface area contributed by atoms with Gasteiger partial charge in [-0.2, -0.15) is 0 Å². The van der Waals surface area contributed by atoms with Crippen molar-refractivity contribution in [3.8, 4) is 5.75 Å². The van der Waals surface area contributed by atoms with Gasteiger partial charge in [-0.1, -0.05) is 11.6 Å². The zero-order valence-electron chi connectivity index (χ0n) is 10.7. The van der Waals surface area contributed by atoms with Crippen molar-refractivity contribution in [2.75, 3.05) is 25.6 Å². The van der Waals surface area contributed by atoms with Gasteiger partial charge in [0.2, 0.25) is 0 Å². The van der Waals surface area contributed by atoms with Crippen molar-refractivity contribution in [2.45, 2.75) is 24.8 Å². The first kappa shape index (κ1) is 13.0. The number of rotatable bonds is 1. The Kier molecular flexibility index (Phi) is 3.30.